The fourth-order valence-corrected chi connectivity index (χ4v) is 2.11. The fourth-order valence-electron chi connectivity index (χ4n) is 1.88. The Balaban J connectivity index is 2.02. The van der Waals surface area contributed by atoms with Crippen LogP contribution in [0.4, 0.5) is 5.69 Å². The van der Waals surface area contributed by atoms with E-state index in [1.807, 2.05) is 6.20 Å². The smallest absolute Gasteiger partial charge is 0.162 e. The van der Waals surface area contributed by atoms with E-state index in [-0.39, 0.29) is 5.75 Å². The van der Waals surface area contributed by atoms with Crippen LogP contribution in [0.5, 0.6) is 11.5 Å². The molecule has 6 nitrogen and oxygen atoms in total. The van der Waals surface area contributed by atoms with Gasteiger partial charge in [0, 0.05) is 36.5 Å². The van der Waals surface area contributed by atoms with Crippen molar-refractivity contribution in [2.24, 2.45) is 0 Å². The minimum Gasteiger partial charge on any atom is -0.504 e. The number of methoxy groups -OCH3 is 2. The van der Waals surface area contributed by atoms with Crippen LogP contribution in [0.1, 0.15) is 5.56 Å². The lowest BCUT2D eigenvalue weighted by Gasteiger charge is -2.10. The number of aromatic hydroxyl groups is 1. The summed E-state index contributed by atoms with van der Waals surface area (Å²) < 4.78 is 11.9. The summed E-state index contributed by atoms with van der Waals surface area (Å²) in [6.45, 7) is 1.71. The van der Waals surface area contributed by atoms with Crippen LogP contribution in [0.15, 0.2) is 24.5 Å². The molecule has 2 rings (SSSR count). The quantitative estimate of drug-likeness (QED) is 0.822. The molecule has 1 heterocycles. The minimum atomic E-state index is 0.0844. The van der Waals surface area contributed by atoms with Gasteiger partial charge in [0.05, 0.1) is 32.1 Å². The minimum absolute atomic E-state index is 0.0844. The normalized spacial score (nSPS) is 10.6. The summed E-state index contributed by atoms with van der Waals surface area (Å²) in [6.07, 6.45) is 3.59. The number of rotatable bonds is 7. The van der Waals surface area contributed by atoms with Crippen LogP contribution >= 0.6 is 11.6 Å². The van der Waals surface area contributed by atoms with Crippen molar-refractivity contribution < 1.29 is 14.6 Å². The van der Waals surface area contributed by atoms with Crippen LogP contribution in [0, 0.1) is 0 Å². The molecule has 0 unspecified atom stereocenters. The average molecular weight is 312 g/mol. The number of ether oxygens (including phenoxy) is 2. The molecule has 0 saturated heterocycles. The van der Waals surface area contributed by atoms with Crippen LogP contribution in [0.3, 0.4) is 0 Å². The van der Waals surface area contributed by atoms with E-state index in [9.17, 15) is 5.11 Å². The molecular weight excluding hydrogens is 294 g/mol. The lowest BCUT2D eigenvalue weighted by Crippen LogP contribution is -2.04. The predicted molar refractivity (Wildman–Crippen MR) is 81.1 cm³/mol. The van der Waals surface area contributed by atoms with Crippen LogP contribution in [-0.4, -0.2) is 35.7 Å². The molecule has 0 aliphatic carbocycles. The summed E-state index contributed by atoms with van der Waals surface area (Å²) in [5.41, 5.74) is 1.51. The third-order valence-electron chi connectivity index (χ3n) is 2.98. The molecule has 0 fully saturated rings. The highest BCUT2D eigenvalue weighted by Crippen LogP contribution is 2.33. The van der Waals surface area contributed by atoms with E-state index in [0.717, 1.165) is 5.69 Å². The van der Waals surface area contributed by atoms with Crippen molar-refractivity contribution in [3.8, 4) is 11.5 Å². The largest absolute Gasteiger partial charge is 0.504 e. The van der Waals surface area contributed by atoms with E-state index in [2.05, 4.69) is 10.4 Å². The molecule has 2 aromatic rings. The third kappa shape index (κ3) is 4.03. The second kappa shape index (κ2) is 7.19. The Kier molecular flexibility index (Phi) is 5.30. The first-order valence-corrected chi connectivity index (χ1v) is 6.82. The molecule has 0 bridgehead atoms. The monoisotopic (exact) mass is 311 g/mol. The topological polar surface area (TPSA) is 68.5 Å². The van der Waals surface area contributed by atoms with Gasteiger partial charge in [-0.05, 0) is 6.07 Å². The average Bonchev–Trinajstić information content (AvgIpc) is 2.93. The number of phenolic OH excluding ortho intramolecular Hbond substituents is 1. The van der Waals surface area contributed by atoms with Crippen molar-refractivity contribution in [2.45, 2.75) is 13.1 Å². The zero-order chi connectivity index (χ0) is 15.2. The first kappa shape index (κ1) is 15.5. The van der Waals surface area contributed by atoms with E-state index in [1.54, 1.807) is 30.1 Å². The van der Waals surface area contributed by atoms with Crippen molar-refractivity contribution in [2.75, 3.05) is 26.1 Å². The number of nitrogens with zero attached hydrogens (tertiary/aromatic N) is 2. The van der Waals surface area contributed by atoms with Crippen molar-refractivity contribution in [1.29, 1.82) is 0 Å². The van der Waals surface area contributed by atoms with Crippen LogP contribution < -0.4 is 10.1 Å². The highest BCUT2D eigenvalue weighted by molar-refractivity contribution is 6.30. The maximum absolute atomic E-state index is 10.1. The third-order valence-corrected chi connectivity index (χ3v) is 3.20. The van der Waals surface area contributed by atoms with Gasteiger partial charge < -0.3 is 19.9 Å². The molecule has 0 atom stereocenters. The molecule has 1 aromatic heterocycles. The molecule has 114 valence electrons. The second-order valence-electron chi connectivity index (χ2n) is 4.45. The van der Waals surface area contributed by atoms with E-state index >= 15 is 0 Å². The Bertz CT molecular complexity index is 601. The summed E-state index contributed by atoms with van der Waals surface area (Å²) in [7, 11) is 3.14. The molecule has 0 spiro atoms. The molecule has 2 N–H and O–H groups in total. The predicted octanol–water partition coefficient (Wildman–Crippen LogP) is 2.51. The standard InChI is InChI=1S/C14H18ClN3O3/c1-20-4-3-18-9-12(8-17-18)16-7-10-5-11(15)6-13(21-2)14(10)19/h5-6,8-9,16,19H,3-4,7H2,1-2H3. The number of benzene rings is 1. The summed E-state index contributed by atoms with van der Waals surface area (Å²) in [6, 6.07) is 3.27. The maximum Gasteiger partial charge on any atom is 0.162 e. The number of aromatic nitrogens is 2. The molecule has 7 heteroatoms. The maximum atomic E-state index is 10.1. The van der Waals surface area contributed by atoms with Gasteiger partial charge in [0.15, 0.2) is 11.5 Å². The van der Waals surface area contributed by atoms with Crippen LogP contribution in [0.25, 0.3) is 0 Å². The van der Waals surface area contributed by atoms with Crippen molar-refractivity contribution in [1.82, 2.24) is 9.78 Å². The molecule has 0 amide bonds. The number of anilines is 1. The lowest BCUT2D eigenvalue weighted by molar-refractivity contribution is 0.183. The molecule has 0 aliphatic heterocycles. The van der Waals surface area contributed by atoms with Crippen LogP contribution in [0.2, 0.25) is 5.02 Å². The second-order valence-corrected chi connectivity index (χ2v) is 4.89. The Labute approximate surface area is 128 Å². The van der Waals surface area contributed by atoms with Gasteiger partial charge in [-0.1, -0.05) is 11.6 Å². The number of hydrogen-bond donors (Lipinski definition) is 2. The zero-order valence-electron chi connectivity index (χ0n) is 12.0. The van der Waals surface area contributed by atoms with Gasteiger partial charge in [0.2, 0.25) is 0 Å². The number of nitrogens with one attached hydrogen (secondary N) is 1. The number of halogens is 1. The summed E-state index contributed by atoms with van der Waals surface area (Å²) >= 11 is 5.99. The van der Waals surface area contributed by atoms with Gasteiger partial charge in [-0.2, -0.15) is 5.10 Å². The Hall–Kier alpha value is -1.92. The molecule has 1 aromatic carbocycles. The van der Waals surface area contributed by atoms with Crippen molar-refractivity contribution in [3.63, 3.8) is 0 Å². The molecule has 0 aliphatic rings. The van der Waals surface area contributed by atoms with E-state index in [4.69, 9.17) is 21.1 Å². The van der Waals surface area contributed by atoms with Crippen molar-refractivity contribution in [3.05, 3.63) is 35.1 Å². The summed E-state index contributed by atoms with van der Waals surface area (Å²) in [4.78, 5) is 0. The van der Waals surface area contributed by atoms with Crippen molar-refractivity contribution >= 4 is 17.3 Å². The Morgan fingerprint density at radius 1 is 1.38 bits per heavy atom. The van der Waals surface area contributed by atoms with Gasteiger partial charge in [0.1, 0.15) is 0 Å². The van der Waals surface area contributed by atoms with Crippen LogP contribution in [-0.2, 0) is 17.8 Å². The molecule has 0 saturated carbocycles. The summed E-state index contributed by atoms with van der Waals surface area (Å²) in [5.74, 6) is 0.441. The van der Waals surface area contributed by atoms with Gasteiger partial charge in [0.25, 0.3) is 0 Å². The zero-order valence-corrected chi connectivity index (χ0v) is 12.7. The lowest BCUT2D eigenvalue weighted by atomic mass is 10.2. The van der Waals surface area contributed by atoms with Gasteiger partial charge in [-0.25, -0.2) is 0 Å². The molecular formula is C14H18ClN3O3. The fraction of sp³-hybridized carbons (Fsp3) is 0.357. The Morgan fingerprint density at radius 2 is 2.19 bits per heavy atom. The first-order chi connectivity index (χ1) is 10.1. The number of hydrogen-bond acceptors (Lipinski definition) is 5. The molecule has 21 heavy (non-hydrogen) atoms. The SMILES string of the molecule is COCCn1cc(NCc2cc(Cl)cc(OC)c2O)cn1. The van der Waals surface area contributed by atoms with E-state index in [1.165, 1.54) is 7.11 Å². The first-order valence-electron chi connectivity index (χ1n) is 6.44. The highest BCUT2D eigenvalue weighted by Gasteiger charge is 2.10. The Morgan fingerprint density at radius 3 is 2.90 bits per heavy atom. The van der Waals surface area contributed by atoms with E-state index in [0.29, 0.717) is 36.0 Å². The number of phenols is 1. The van der Waals surface area contributed by atoms with Gasteiger partial charge in [-0.3, -0.25) is 4.68 Å². The van der Waals surface area contributed by atoms with E-state index < -0.39 is 0 Å². The van der Waals surface area contributed by atoms with Gasteiger partial charge in [-0.15, -0.1) is 0 Å². The molecule has 0 radical (unpaired) electrons. The highest BCUT2D eigenvalue weighted by atomic mass is 35.5. The van der Waals surface area contributed by atoms with Gasteiger partial charge >= 0.3 is 0 Å². The summed E-state index contributed by atoms with van der Waals surface area (Å²) in [5, 5.41) is 17.9.